The Morgan fingerprint density at radius 1 is 1.18 bits per heavy atom. The van der Waals surface area contributed by atoms with Gasteiger partial charge in [0.2, 0.25) is 5.91 Å². The van der Waals surface area contributed by atoms with Crippen molar-refractivity contribution in [1.29, 1.82) is 0 Å². The minimum absolute atomic E-state index is 0.424. The lowest BCUT2D eigenvalue weighted by Gasteiger charge is -1.97. The Hall–Kier alpha value is -0.350. The lowest BCUT2D eigenvalue weighted by molar-refractivity contribution is 0.1000. The predicted octanol–water partition coefficient (Wildman–Crippen LogP) is 2.31. The maximum Gasteiger partial charge on any atom is 0.248 e. The summed E-state index contributed by atoms with van der Waals surface area (Å²) in [4.78, 5) is 10.7. The molecule has 0 bridgehead atoms. The van der Waals surface area contributed by atoms with Crippen molar-refractivity contribution in [1.82, 2.24) is 0 Å². The molecule has 58 valence electrons. The first kappa shape index (κ1) is 8.74. The van der Waals surface area contributed by atoms with Crippen LogP contribution in [0.3, 0.4) is 0 Å². The number of amides is 1. The van der Waals surface area contributed by atoms with E-state index in [1.54, 1.807) is 12.1 Å². The lowest BCUT2D eigenvalue weighted by Crippen LogP contribution is -2.10. The fraction of sp³-hybridized carbons (Fsp3) is 0. The number of hydrogen-bond acceptors (Lipinski definition) is 1. The third-order valence-corrected chi connectivity index (χ3v) is 2.06. The van der Waals surface area contributed by atoms with Crippen LogP contribution in [0.1, 0.15) is 10.4 Å². The number of rotatable bonds is 1. The van der Waals surface area contributed by atoms with Crippen LogP contribution < -0.4 is 5.73 Å². The van der Waals surface area contributed by atoms with Gasteiger partial charge in [0, 0.05) is 14.5 Å². The molecule has 1 aromatic carbocycles. The molecule has 2 nitrogen and oxygen atoms in total. The van der Waals surface area contributed by atoms with Gasteiger partial charge in [0.25, 0.3) is 0 Å². The highest BCUT2D eigenvalue weighted by atomic mass is 79.9. The molecule has 0 heterocycles. The standard InChI is InChI=1S/C7H5Br2NO/c8-5-1-4(7(10)11)2-6(9)3-5/h1-3H,(H2,10,11). The predicted molar refractivity (Wildman–Crippen MR) is 50.4 cm³/mol. The van der Waals surface area contributed by atoms with E-state index in [0.717, 1.165) is 8.95 Å². The fourth-order valence-corrected chi connectivity index (χ4v) is 1.99. The van der Waals surface area contributed by atoms with Crippen LogP contribution in [0.2, 0.25) is 0 Å². The molecule has 0 aliphatic carbocycles. The third-order valence-electron chi connectivity index (χ3n) is 1.15. The smallest absolute Gasteiger partial charge is 0.248 e. The van der Waals surface area contributed by atoms with E-state index in [0.29, 0.717) is 5.56 Å². The first-order valence-electron chi connectivity index (χ1n) is 2.85. The minimum Gasteiger partial charge on any atom is -0.366 e. The lowest BCUT2D eigenvalue weighted by atomic mass is 10.2. The van der Waals surface area contributed by atoms with E-state index in [2.05, 4.69) is 31.9 Å². The summed E-state index contributed by atoms with van der Waals surface area (Å²) >= 11 is 6.49. The summed E-state index contributed by atoms with van der Waals surface area (Å²) in [5.74, 6) is -0.424. The first-order valence-corrected chi connectivity index (χ1v) is 4.44. The molecular formula is C7H5Br2NO. The second-order valence-electron chi connectivity index (χ2n) is 2.02. The summed E-state index contributed by atoms with van der Waals surface area (Å²) in [5.41, 5.74) is 5.56. The van der Waals surface area contributed by atoms with Gasteiger partial charge in [0.05, 0.1) is 0 Å². The molecule has 0 saturated heterocycles. The molecule has 0 unspecified atom stereocenters. The zero-order chi connectivity index (χ0) is 8.43. The zero-order valence-electron chi connectivity index (χ0n) is 5.47. The highest BCUT2D eigenvalue weighted by molar-refractivity contribution is 9.11. The van der Waals surface area contributed by atoms with E-state index in [-0.39, 0.29) is 0 Å². The van der Waals surface area contributed by atoms with Gasteiger partial charge in [-0.2, -0.15) is 0 Å². The van der Waals surface area contributed by atoms with Gasteiger partial charge in [-0.3, -0.25) is 4.79 Å². The average Bonchev–Trinajstić information content (AvgIpc) is 1.85. The molecule has 4 heteroatoms. The number of primary amides is 1. The molecule has 1 rings (SSSR count). The van der Waals surface area contributed by atoms with Crippen molar-refractivity contribution in [3.63, 3.8) is 0 Å². The molecule has 0 radical (unpaired) electrons. The molecule has 0 fully saturated rings. The molecule has 1 aromatic rings. The van der Waals surface area contributed by atoms with Gasteiger partial charge >= 0.3 is 0 Å². The second kappa shape index (κ2) is 3.36. The summed E-state index contributed by atoms with van der Waals surface area (Å²) in [6, 6.07) is 5.19. The second-order valence-corrected chi connectivity index (χ2v) is 3.85. The van der Waals surface area contributed by atoms with E-state index < -0.39 is 5.91 Å². The van der Waals surface area contributed by atoms with Crippen LogP contribution in [0.15, 0.2) is 27.1 Å². The van der Waals surface area contributed by atoms with E-state index in [1.165, 1.54) is 0 Å². The minimum atomic E-state index is -0.424. The SMILES string of the molecule is NC(=O)c1cc(Br)cc(Br)c1. The topological polar surface area (TPSA) is 43.1 Å². The molecule has 2 N–H and O–H groups in total. The third kappa shape index (κ3) is 2.31. The number of halogens is 2. The van der Waals surface area contributed by atoms with Crippen molar-refractivity contribution < 1.29 is 4.79 Å². The van der Waals surface area contributed by atoms with Gasteiger partial charge in [0.1, 0.15) is 0 Å². The van der Waals surface area contributed by atoms with Gasteiger partial charge in [-0.25, -0.2) is 0 Å². The summed E-state index contributed by atoms with van der Waals surface area (Å²) in [7, 11) is 0. The number of hydrogen-bond donors (Lipinski definition) is 1. The normalized spacial score (nSPS) is 9.64. The summed E-state index contributed by atoms with van der Waals surface area (Å²) < 4.78 is 1.67. The highest BCUT2D eigenvalue weighted by Crippen LogP contribution is 2.19. The number of carbonyl (C=O) groups excluding carboxylic acids is 1. The van der Waals surface area contributed by atoms with Crippen molar-refractivity contribution in [3.8, 4) is 0 Å². The van der Waals surface area contributed by atoms with E-state index >= 15 is 0 Å². The zero-order valence-corrected chi connectivity index (χ0v) is 8.65. The van der Waals surface area contributed by atoms with Crippen molar-refractivity contribution in [3.05, 3.63) is 32.7 Å². The Kier molecular flexibility index (Phi) is 2.67. The van der Waals surface area contributed by atoms with Gasteiger partial charge in [-0.1, -0.05) is 31.9 Å². The van der Waals surface area contributed by atoms with Crippen molar-refractivity contribution >= 4 is 37.8 Å². The van der Waals surface area contributed by atoms with Crippen molar-refractivity contribution in [2.75, 3.05) is 0 Å². The monoisotopic (exact) mass is 277 g/mol. The molecule has 0 spiro atoms. The first-order chi connectivity index (χ1) is 5.09. The highest BCUT2D eigenvalue weighted by Gasteiger charge is 2.01. The van der Waals surface area contributed by atoms with Crippen LogP contribution >= 0.6 is 31.9 Å². The Labute approximate surface area is 81.0 Å². The quantitative estimate of drug-likeness (QED) is 0.842. The van der Waals surface area contributed by atoms with Gasteiger partial charge in [-0.15, -0.1) is 0 Å². The van der Waals surface area contributed by atoms with Gasteiger partial charge < -0.3 is 5.73 Å². The van der Waals surface area contributed by atoms with E-state index in [4.69, 9.17) is 5.73 Å². The van der Waals surface area contributed by atoms with E-state index in [9.17, 15) is 4.79 Å². The maximum absolute atomic E-state index is 10.7. The molecule has 0 aliphatic heterocycles. The summed E-state index contributed by atoms with van der Waals surface area (Å²) in [6.07, 6.45) is 0. The fourth-order valence-electron chi connectivity index (χ4n) is 0.696. The van der Waals surface area contributed by atoms with Gasteiger partial charge in [-0.05, 0) is 18.2 Å². The Balaban J connectivity index is 3.19. The molecule has 11 heavy (non-hydrogen) atoms. The Morgan fingerprint density at radius 2 is 1.64 bits per heavy atom. The van der Waals surface area contributed by atoms with Crippen LogP contribution in [0.5, 0.6) is 0 Å². The van der Waals surface area contributed by atoms with Crippen LogP contribution in [-0.2, 0) is 0 Å². The van der Waals surface area contributed by atoms with Crippen molar-refractivity contribution in [2.24, 2.45) is 5.73 Å². The van der Waals surface area contributed by atoms with Gasteiger partial charge in [0.15, 0.2) is 0 Å². The Bertz CT molecular complexity index is 278. The largest absolute Gasteiger partial charge is 0.366 e. The summed E-state index contributed by atoms with van der Waals surface area (Å²) in [5, 5.41) is 0. The maximum atomic E-state index is 10.7. The molecule has 0 atom stereocenters. The summed E-state index contributed by atoms with van der Waals surface area (Å²) in [6.45, 7) is 0. The van der Waals surface area contributed by atoms with E-state index in [1.807, 2.05) is 6.07 Å². The molecule has 0 saturated carbocycles. The van der Waals surface area contributed by atoms with Crippen LogP contribution in [0.4, 0.5) is 0 Å². The van der Waals surface area contributed by atoms with Crippen LogP contribution in [0, 0.1) is 0 Å². The molecular weight excluding hydrogens is 274 g/mol. The van der Waals surface area contributed by atoms with Crippen LogP contribution in [0.25, 0.3) is 0 Å². The molecule has 0 aromatic heterocycles. The number of carbonyl (C=O) groups is 1. The number of nitrogens with two attached hydrogens (primary N) is 1. The Morgan fingerprint density at radius 3 is 2.00 bits per heavy atom. The van der Waals surface area contributed by atoms with Crippen molar-refractivity contribution in [2.45, 2.75) is 0 Å². The molecule has 1 amide bonds. The number of benzene rings is 1. The average molecular weight is 279 g/mol. The molecule has 0 aliphatic rings. The van der Waals surface area contributed by atoms with Crippen LogP contribution in [-0.4, -0.2) is 5.91 Å².